The molecule has 3 aromatic rings. The Balaban J connectivity index is 2.28. The van der Waals surface area contributed by atoms with Gasteiger partial charge in [-0.2, -0.15) is 0 Å². The van der Waals surface area contributed by atoms with Gasteiger partial charge in [-0.3, -0.25) is 0 Å². The van der Waals surface area contributed by atoms with Gasteiger partial charge in [0, 0.05) is 5.56 Å². The van der Waals surface area contributed by atoms with Gasteiger partial charge in [0.05, 0.1) is 5.56 Å². The van der Waals surface area contributed by atoms with Gasteiger partial charge in [0.15, 0.2) is 11.6 Å². The fourth-order valence-corrected chi connectivity index (χ4v) is 2.60. The SMILES string of the molecule is Cc1ccccc1-c1c(N)noc1-c1cccc(C)c1C. The molecule has 1 aromatic heterocycles. The molecule has 3 rings (SSSR count). The van der Waals surface area contributed by atoms with Crippen LogP contribution in [-0.4, -0.2) is 5.16 Å². The van der Waals surface area contributed by atoms with Crippen molar-refractivity contribution in [1.82, 2.24) is 5.16 Å². The number of nitrogen functional groups attached to an aromatic ring is 1. The second kappa shape index (κ2) is 5.09. The number of nitrogens with zero attached hydrogens (tertiary/aromatic N) is 1. The van der Waals surface area contributed by atoms with Gasteiger partial charge >= 0.3 is 0 Å². The van der Waals surface area contributed by atoms with Gasteiger partial charge in [0.1, 0.15) is 0 Å². The number of aromatic nitrogens is 1. The van der Waals surface area contributed by atoms with E-state index in [1.54, 1.807) is 0 Å². The zero-order valence-electron chi connectivity index (χ0n) is 12.5. The van der Waals surface area contributed by atoms with Crippen LogP contribution in [-0.2, 0) is 0 Å². The predicted molar refractivity (Wildman–Crippen MR) is 86.0 cm³/mol. The molecule has 106 valence electrons. The zero-order chi connectivity index (χ0) is 15.0. The minimum absolute atomic E-state index is 0.431. The van der Waals surface area contributed by atoms with Crippen LogP contribution >= 0.6 is 0 Å². The first-order valence-electron chi connectivity index (χ1n) is 6.97. The van der Waals surface area contributed by atoms with E-state index in [4.69, 9.17) is 10.3 Å². The van der Waals surface area contributed by atoms with Crippen molar-refractivity contribution in [3.8, 4) is 22.5 Å². The Morgan fingerprint density at radius 1 is 0.857 bits per heavy atom. The summed E-state index contributed by atoms with van der Waals surface area (Å²) < 4.78 is 5.55. The number of rotatable bonds is 2. The van der Waals surface area contributed by atoms with Crippen molar-refractivity contribution in [3.63, 3.8) is 0 Å². The number of anilines is 1. The Morgan fingerprint density at radius 2 is 1.52 bits per heavy atom. The maximum absolute atomic E-state index is 6.06. The second-order valence-electron chi connectivity index (χ2n) is 5.33. The standard InChI is InChI=1S/C18H18N2O/c1-11-8-6-10-15(13(11)3)17-16(18(19)20-21-17)14-9-5-4-7-12(14)2/h4-10H,1-3H3,(H2,19,20). The number of benzene rings is 2. The van der Waals surface area contributed by atoms with Crippen LogP contribution in [0.15, 0.2) is 47.0 Å². The highest BCUT2D eigenvalue weighted by Crippen LogP contribution is 2.39. The van der Waals surface area contributed by atoms with Crippen LogP contribution in [0.1, 0.15) is 16.7 Å². The molecule has 0 saturated carbocycles. The number of hydrogen-bond donors (Lipinski definition) is 1. The monoisotopic (exact) mass is 278 g/mol. The summed E-state index contributed by atoms with van der Waals surface area (Å²) in [5.74, 6) is 1.17. The van der Waals surface area contributed by atoms with E-state index in [1.165, 1.54) is 11.1 Å². The van der Waals surface area contributed by atoms with E-state index in [1.807, 2.05) is 30.3 Å². The lowest BCUT2D eigenvalue weighted by atomic mass is 9.94. The molecule has 3 nitrogen and oxygen atoms in total. The Kier molecular flexibility index (Phi) is 3.26. The lowest BCUT2D eigenvalue weighted by Crippen LogP contribution is -1.92. The first kappa shape index (κ1) is 13.4. The lowest BCUT2D eigenvalue weighted by molar-refractivity contribution is 0.436. The highest BCUT2D eigenvalue weighted by atomic mass is 16.5. The summed E-state index contributed by atoms with van der Waals surface area (Å²) in [4.78, 5) is 0. The van der Waals surface area contributed by atoms with Crippen LogP contribution in [0.5, 0.6) is 0 Å². The van der Waals surface area contributed by atoms with Gasteiger partial charge in [-0.1, -0.05) is 47.6 Å². The molecule has 1 heterocycles. The lowest BCUT2D eigenvalue weighted by Gasteiger charge is -2.09. The molecule has 3 heteroatoms. The Labute approximate surface area is 124 Å². The normalized spacial score (nSPS) is 10.8. The van der Waals surface area contributed by atoms with Gasteiger partial charge in [-0.25, -0.2) is 0 Å². The van der Waals surface area contributed by atoms with Crippen LogP contribution in [0, 0.1) is 20.8 Å². The first-order valence-corrected chi connectivity index (χ1v) is 6.97. The summed E-state index contributed by atoms with van der Waals surface area (Å²) in [6.45, 7) is 6.24. The third-order valence-electron chi connectivity index (χ3n) is 3.98. The van der Waals surface area contributed by atoms with Crippen molar-refractivity contribution in [2.24, 2.45) is 0 Å². The van der Waals surface area contributed by atoms with Crippen LogP contribution in [0.4, 0.5) is 5.82 Å². The average Bonchev–Trinajstić information content (AvgIpc) is 2.84. The third-order valence-corrected chi connectivity index (χ3v) is 3.98. The van der Waals surface area contributed by atoms with Gasteiger partial charge in [-0.05, 0) is 43.0 Å². The summed E-state index contributed by atoms with van der Waals surface area (Å²) in [5.41, 5.74) is 12.6. The molecule has 21 heavy (non-hydrogen) atoms. The van der Waals surface area contributed by atoms with Crippen molar-refractivity contribution >= 4 is 5.82 Å². The summed E-state index contributed by atoms with van der Waals surface area (Å²) in [6, 6.07) is 14.3. The summed E-state index contributed by atoms with van der Waals surface area (Å²) in [5, 5.41) is 3.98. The first-order chi connectivity index (χ1) is 10.1. The zero-order valence-corrected chi connectivity index (χ0v) is 12.5. The minimum atomic E-state index is 0.431. The molecule has 0 fully saturated rings. The van der Waals surface area contributed by atoms with Crippen molar-refractivity contribution in [1.29, 1.82) is 0 Å². The highest BCUT2D eigenvalue weighted by molar-refractivity contribution is 5.88. The van der Waals surface area contributed by atoms with E-state index in [0.29, 0.717) is 5.82 Å². The number of nitrogens with two attached hydrogens (primary N) is 1. The van der Waals surface area contributed by atoms with Gasteiger partial charge in [0.25, 0.3) is 0 Å². The highest BCUT2D eigenvalue weighted by Gasteiger charge is 2.20. The number of hydrogen-bond acceptors (Lipinski definition) is 3. The van der Waals surface area contributed by atoms with Crippen molar-refractivity contribution in [2.75, 3.05) is 5.73 Å². The molecule has 0 atom stereocenters. The maximum Gasteiger partial charge on any atom is 0.177 e. The van der Waals surface area contributed by atoms with E-state index in [0.717, 1.165) is 28.0 Å². The van der Waals surface area contributed by atoms with Crippen LogP contribution in [0.2, 0.25) is 0 Å². The molecule has 2 N–H and O–H groups in total. The summed E-state index contributed by atoms with van der Waals surface area (Å²) >= 11 is 0. The second-order valence-corrected chi connectivity index (χ2v) is 5.33. The van der Waals surface area contributed by atoms with Crippen LogP contribution < -0.4 is 5.73 Å². The molecule has 0 aliphatic heterocycles. The maximum atomic E-state index is 6.06. The molecule has 0 amide bonds. The van der Waals surface area contributed by atoms with Gasteiger partial charge in [-0.15, -0.1) is 0 Å². The smallest absolute Gasteiger partial charge is 0.177 e. The Morgan fingerprint density at radius 3 is 2.29 bits per heavy atom. The van der Waals surface area contributed by atoms with E-state index in [-0.39, 0.29) is 0 Å². The van der Waals surface area contributed by atoms with E-state index in [2.05, 4.69) is 38.1 Å². The van der Waals surface area contributed by atoms with E-state index >= 15 is 0 Å². The largest absolute Gasteiger partial charge is 0.380 e. The molecule has 0 unspecified atom stereocenters. The molecule has 0 spiro atoms. The van der Waals surface area contributed by atoms with Crippen molar-refractivity contribution in [3.05, 3.63) is 59.2 Å². The summed E-state index contributed by atoms with van der Waals surface area (Å²) in [7, 11) is 0. The Hall–Kier alpha value is -2.55. The van der Waals surface area contributed by atoms with Gasteiger partial charge < -0.3 is 10.3 Å². The fourth-order valence-electron chi connectivity index (χ4n) is 2.60. The fraction of sp³-hybridized carbons (Fsp3) is 0.167. The van der Waals surface area contributed by atoms with Crippen LogP contribution in [0.3, 0.4) is 0 Å². The van der Waals surface area contributed by atoms with Crippen LogP contribution in [0.25, 0.3) is 22.5 Å². The van der Waals surface area contributed by atoms with Gasteiger partial charge in [0.2, 0.25) is 0 Å². The predicted octanol–water partition coefficient (Wildman–Crippen LogP) is 4.52. The molecule has 0 saturated heterocycles. The van der Waals surface area contributed by atoms with Crippen molar-refractivity contribution < 1.29 is 4.52 Å². The van der Waals surface area contributed by atoms with E-state index in [9.17, 15) is 0 Å². The minimum Gasteiger partial charge on any atom is -0.380 e. The average molecular weight is 278 g/mol. The molecule has 0 bridgehead atoms. The quantitative estimate of drug-likeness (QED) is 0.750. The third kappa shape index (κ3) is 2.21. The topological polar surface area (TPSA) is 52.0 Å². The molecular formula is C18H18N2O. The Bertz CT molecular complexity index is 803. The molecule has 0 radical (unpaired) electrons. The molecule has 0 aliphatic carbocycles. The van der Waals surface area contributed by atoms with E-state index < -0.39 is 0 Å². The molecule has 0 aliphatic rings. The van der Waals surface area contributed by atoms with Crippen molar-refractivity contribution in [2.45, 2.75) is 20.8 Å². The molecule has 2 aromatic carbocycles. The molecular weight excluding hydrogens is 260 g/mol. The number of aryl methyl sites for hydroxylation is 2. The summed E-state index contributed by atoms with van der Waals surface area (Å²) in [6.07, 6.45) is 0.